The van der Waals surface area contributed by atoms with Gasteiger partial charge in [-0.3, -0.25) is 4.40 Å². The minimum atomic E-state index is 0.626. The lowest BCUT2D eigenvalue weighted by molar-refractivity contribution is 1.07. The van der Waals surface area contributed by atoms with Crippen LogP contribution in [0.2, 0.25) is 0 Å². The molecule has 0 saturated carbocycles. The van der Waals surface area contributed by atoms with Crippen molar-refractivity contribution < 1.29 is 0 Å². The van der Waals surface area contributed by atoms with Gasteiger partial charge in [-0.1, -0.05) is 127 Å². The van der Waals surface area contributed by atoms with Crippen LogP contribution in [0.5, 0.6) is 0 Å². The third kappa shape index (κ3) is 4.31. The Labute approximate surface area is 297 Å². The molecule has 0 amide bonds. The van der Waals surface area contributed by atoms with E-state index >= 15 is 0 Å². The van der Waals surface area contributed by atoms with Gasteiger partial charge in [-0.2, -0.15) is 0 Å². The van der Waals surface area contributed by atoms with Crippen molar-refractivity contribution in [3.63, 3.8) is 0 Å². The summed E-state index contributed by atoms with van der Waals surface area (Å²) in [6, 6.07) is 59.1. The molecule has 0 radical (unpaired) electrons. The van der Waals surface area contributed by atoms with E-state index in [9.17, 15) is 0 Å². The number of hydrogen-bond donors (Lipinski definition) is 0. The van der Waals surface area contributed by atoms with E-state index in [1.165, 1.54) is 21.5 Å². The standard InChI is InChI=1S/C46H28N6/c1-3-14-29(15-4-1)43-48-44(30-16-5-2-6-17-30)50-45(49-43)31-18-13-19-32(26-31)51-39-24-11-9-21-34(39)37-28-42-36(27-41(37)51)33-20-7-8-22-35(33)46-47-38-23-10-12-25-40(38)52(42)46/h1-28H. The van der Waals surface area contributed by atoms with Crippen LogP contribution in [0.3, 0.4) is 0 Å². The van der Waals surface area contributed by atoms with Crippen LogP contribution in [0.4, 0.5) is 0 Å². The molecule has 52 heavy (non-hydrogen) atoms. The average molecular weight is 665 g/mol. The summed E-state index contributed by atoms with van der Waals surface area (Å²) in [5, 5.41) is 5.86. The number of rotatable bonds is 4. The summed E-state index contributed by atoms with van der Waals surface area (Å²) < 4.78 is 4.70. The van der Waals surface area contributed by atoms with Gasteiger partial charge in [-0.25, -0.2) is 19.9 Å². The molecule has 0 bridgehead atoms. The number of nitrogens with zero attached hydrogens (tertiary/aromatic N) is 6. The van der Waals surface area contributed by atoms with Gasteiger partial charge in [0.15, 0.2) is 17.5 Å². The van der Waals surface area contributed by atoms with Crippen LogP contribution in [0.25, 0.3) is 100 Å². The third-order valence-corrected chi connectivity index (χ3v) is 10.1. The first-order valence-corrected chi connectivity index (χ1v) is 17.4. The highest BCUT2D eigenvalue weighted by molar-refractivity contribution is 6.20. The lowest BCUT2D eigenvalue weighted by Gasteiger charge is -2.13. The molecule has 6 nitrogen and oxygen atoms in total. The summed E-state index contributed by atoms with van der Waals surface area (Å²) in [7, 11) is 0. The molecule has 0 saturated heterocycles. The van der Waals surface area contributed by atoms with Gasteiger partial charge in [0.05, 0.1) is 27.6 Å². The summed E-state index contributed by atoms with van der Waals surface area (Å²) in [5.41, 5.74) is 10.3. The van der Waals surface area contributed by atoms with Gasteiger partial charge in [0.1, 0.15) is 5.65 Å². The Kier molecular flexibility index (Phi) is 6.15. The molecule has 0 aliphatic carbocycles. The molecule has 6 heteroatoms. The maximum atomic E-state index is 5.12. The first-order chi connectivity index (χ1) is 25.8. The van der Waals surface area contributed by atoms with E-state index in [-0.39, 0.29) is 0 Å². The molecule has 0 fully saturated rings. The van der Waals surface area contributed by atoms with Gasteiger partial charge in [-0.05, 0) is 47.9 Å². The number of pyridine rings is 1. The van der Waals surface area contributed by atoms with Crippen molar-refractivity contribution in [1.82, 2.24) is 28.9 Å². The molecule has 7 aromatic carbocycles. The maximum Gasteiger partial charge on any atom is 0.164 e. The number of hydrogen-bond acceptors (Lipinski definition) is 4. The van der Waals surface area contributed by atoms with Crippen LogP contribution in [-0.2, 0) is 0 Å². The first-order valence-electron chi connectivity index (χ1n) is 17.4. The van der Waals surface area contributed by atoms with Crippen LogP contribution >= 0.6 is 0 Å². The van der Waals surface area contributed by atoms with Gasteiger partial charge < -0.3 is 4.57 Å². The van der Waals surface area contributed by atoms with Crippen molar-refractivity contribution in [2.75, 3.05) is 0 Å². The molecule has 11 rings (SSSR count). The van der Waals surface area contributed by atoms with E-state index in [0.29, 0.717) is 17.5 Å². The Hall–Kier alpha value is -7.18. The predicted molar refractivity (Wildman–Crippen MR) is 212 cm³/mol. The number of aromatic nitrogens is 6. The smallest absolute Gasteiger partial charge is 0.164 e. The van der Waals surface area contributed by atoms with Crippen LogP contribution in [0.15, 0.2) is 170 Å². The lowest BCUT2D eigenvalue weighted by atomic mass is 10.0. The number of benzene rings is 7. The molecule has 0 aliphatic heterocycles. The van der Waals surface area contributed by atoms with Gasteiger partial charge >= 0.3 is 0 Å². The van der Waals surface area contributed by atoms with Gasteiger partial charge in [-0.15, -0.1) is 0 Å². The van der Waals surface area contributed by atoms with Crippen molar-refractivity contribution in [2.24, 2.45) is 0 Å². The van der Waals surface area contributed by atoms with Crippen molar-refractivity contribution >= 4 is 60.2 Å². The molecular weight excluding hydrogens is 637 g/mol. The molecule has 4 aromatic heterocycles. The van der Waals surface area contributed by atoms with Crippen molar-refractivity contribution in [1.29, 1.82) is 0 Å². The molecule has 242 valence electrons. The largest absolute Gasteiger partial charge is 0.309 e. The second-order valence-corrected chi connectivity index (χ2v) is 13.1. The molecule has 4 heterocycles. The Morgan fingerprint density at radius 3 is 1.60 bits per heavy atom. The summed E-state index contributed by atoms with van der Waals surface area (Å²) >= 11 is 0. The quantitative estimate of drug-likeness (QED) is 0.176. The Morgan fingerprint density at radius 1 is 0.327 bits per heavy atom. The Balaban J connectivity index is 1.18. The van der Waals surface area contributed by atoms with Crippen molar-refractivity contribution in [3.8, 4) is 39.9 Å². The SMILES string of the molecule is c1ccc(-c2nc(-c3ccccc3)nc(-c3cccc(-n4c5ccccc5c5cc6c(cc54)c4ccccc4c4nc5ccccc5n64)c3)n2)cc1. The van der Waals surface area contributed by atoms with Crippen LogP contribution in [-0.4, -0.2) is 28.9 Å². The molecule has 0 N–H and O–H groups in total. The van der Waals surface area contributed by atoms with E-state index in [1.54, 1.807) is 0 Å². The zero-order valence-corrected chi connectivity index (χ0v) is 27.8. The van der Waals surface area contributed by atoms with Gasteiger partial charge in [0.2, 0.25) is 0 Å². The minimum absolute atomic E-state index is 0.626. The zero-order chi connectivity index (χ0) is 34.2. The molecule has 0 spiro atoms. The minimum Gasteiger partial charge on any atom is -0.309 e. The molecular formula is C46H28N6. The first kappa shape index (κ1) is 28.6. The molecule has 0 atom stereocenters. The lowest BCUT2D eigenvalue weighted by Crippen LogP contribution is -2.01. The fraction of sp³-hybridized carbons (Fsp3) is 0. The third-order valence-electron chi connectivity index (χ3n) is 10.1. The van der Waals surface area contributed by atoms with Gasteiger partial charge in [0.25, 0.3) is 0 Å². The summed E-state index contributed by atoms with van der Waals surface area (Å²) in [6.45, 7) is 0. The Bertz CT molecular complexity index is 3120. The topological polar surface area (TPSA) is 60.9 Å². The molecule has 0 aliphatic rings. The van der Waals surface area contributed by atoms with Crippen molar-refractivity contribution in [3.05, 3.63) is 170 Å². The van der Waals surface area contributed by atoms with Gasteiger partial charge in [0, 0.05) is 43.9 Å². The van der Waals surface area contributed by atoms with Crippen LogP contribution < -0.4 is 0 Å². The number of fused-ring (bicyclic) bond motifs is 11. The van der Waals surface area contributed by atoms with E-state index in [1.807, 2.05) is 60.7 Å². The average Bonchev–Trinajstić information content (AvgIpc) is 3.77. The molecule has 11 aromatic rings. The fourth-order valence-corrected chi connectivity index (χ4v) is 7.77. The van der Waals surface area contributed by atoms with Crippen LogP contribution in [0, 0.1) is 0 Å². The van der Waals surface area contributed by atoms with E-state index in [4.69, 9.17) is 19.9 Å². The highest BCUT2D eigenvalue weighted by atomic mass is 15.0. The second kappa shape index (κ2) is 11.2. The Morgan fingerprint density at radius 2 is 0.865 bits per heavy atom. The van der Waals surface area contributed by atoms with E-state index in [2.05, 4.69) is 118 Å². The molecule has 0 unspecified atom stereocenters. The summed E-state index contributed by atoms with van der Waals surface area (Å²) in [5.74, 6) is 1.91. The van der Waals surface area contributed by atoms with E-state index < -0.39 is 0 Å². The fourth-order valence-electron chi connectivity index (χ4n) is 7.77. The highest BCUT2D eigenvalue weighted by Crippen LogP contribution is 2.39. The van der Waals surface area contributed by atoms with Crippen molar-refractivity contribution in [2.45, 2.75) is 0 Å². The monoisotopic (exact) mass is 664 g/mol. The summed E-state index contributed by atoms with van der Waals surface area (Å²) in [4.78, 5) is 20.1. The normalized spacial score (nSPS) is 11.8. The number of imidazole rings is 1. The van der Waals surface area contributed by atoms with Crippen LogP contribution in [0.1, 0.15) is 0 Å². The zero-order valence-electron chi connectivity index (χ0n) is 27.8. The number of para-hydroxylation sites is 3. The predicted octanol–water partition coefficient (Wildman–Crippen LogP) is 11.1. The summed E-state index contributed by atoms with van der Waals surface area (Å²) in [6.07, 6.45) is 0. The van der Waals surface area contributed by atoms with E-state index in [0.717, 1.165) is 61.0 Å². The maximum absolute atomic E-state index is 5.12. The second-order valence-electron chi connectivity index (χ2n) is 13.1. The highest BCUT2D eigenvalue weighted by Gasteiger charge is 2.19.